The molecule has 0 atom stereocenters. The molecule has 0 spiro atoms. The maximum Gasteiger partial charge on any atom is 0.258 e. The number of amides is 1. The maximum atomic E-state index is 13.4. The van der Waals surface area contributed by atoms with Gasteiger partial charge in [-0.15, -0.1) is 0 Å². The van der Waals surface area contributed by atoms with Crippen LogP contribution in [-0.4, -0.2) is 10.9 Å². The second-order valence-corrected chi connectivity index (χ2v) is 4.23. The topological polar surface area (TPSA) is 42.0 Å². The zero-order valence-corrected chi connectivity index (χ0v) is 10.2. The Kier molecular flexibility index (Phi) is 3.49. The summed E-state index contributed by atoms with van der Waals surface area (Å²) in [6.45, 7) is 0. The average molecular weight is 295 g/mol. The van der Waals surface area contributed by atoms with Crippen molar-refractivity contribution in [2.24, 2.45) is 0 Å². The Morgan fingerprint density at radius 3 is 2.65 bits per heavy atom. The number of hydrogen-bond acceptors (Lipinski definition) is 2. The second-order valence-electron chi connectivity index (χ2n) is 3.31. The van der Waals surface area contributed by atoms with Crippen LogP contribution in [0.15, 0.2) is 47.2 Å². The van der Waals surface area contributed by atoms with Crippen LogP contribution >= 0.6 is 15.9 Å². The summed E-state index contributed by atoms with van der Waals surface area (Å²) in [7, 11) is 0. The van der Waals surface area contributed by atoms with Gasteiger partial charge in [-0.2, -0.15) is 0 Å². The number of nitrogens with zero attached hydrogens (tertiary/aromatic N) is 1. The molecule has 2 aromatic rings. The van der Waals surface area contributed by atoms with Gasteiger partial charge < -0.3 is 5.32 Å². The van der Waals surface area contributed by atoms with Crippen LogP contribution in [0.5, 0.6) is 0 Å². The summed E-state index contributed by atoms with van der Waals surface area (Å²) in [6, 6.07) is 7.48. The molecular formula is C12H8BrFN2O. The van der Waals surface area contributed by atoms with Crippen LogP contribution in [0.2, 0.25) is 0 Å². The molecule has 0 unspecified atom stereocenters. The molecular weight excluding hydrogens is 287 g/mol. The summed E-state index contributed by atoms with van der Waals surface area (Å²) >= 11 is 3.19. The highest BCUT2D eigenvalue weighted by atomic mass is 79.9. The lowest BCUT2D eigenvalue weighted by Gasteiger charge is -2.06. The van der Waals surface area contributed by atoms with E-state index in [-0.39, 0.29) is 5.56 Å². The molecule has 0 saturated heterocycles. The highest BCUT2D eigenvalue weighted by Gasteiger charge is 2.12. The van der Waals surface area contributed by atoms with Crippen molar-refractivity contribution in [3.05, 3.63) is 58.6 Å². The van der Waals surface area contributed by atoms with E-state index >= 15 is 0 Å². The lowest BCUT2D eigenvalue weighted by Crippen LogP contribution is -2.13. The third-order valence-electron chi connectivity index (χ3n) is 2.11. The predicted molar refractivity (Wildman–Crippen MR) is 66.3 cm³/mol. The van der Waals surface area contributed by atoms with E-state index in [9.17, 15) is 9.18 Å². The molecule has 1 amide bonds. The van der Waals surface area contributed by atoms with Crippen LogP contribution in [0.1, 0.15) is 10.4 Å². The molecule has 0 bridgehead atoms. The van der Waals surface area contributed by atoms with Crippen LogP contribution in [0, 0.1) is 5.82 Å². The summed E-state index contributed by atoms with van der Waals surface area (Å²) in [6.07, 6.45) is 3.10. The summed E-state index contributed by atoms with van der Waals surface area (Å²) in [5, 5.41) is 2.59. The van der Waals surface area contributed by atoms with Crippen molar-refractivity contribution < 1.29 is 9.18 Å². The van der Waals surface area contributed by atoms with Crippen molar-refractivity contribution in [2.45, 2.75) is 0 Å². The molecule has 0 aliphatic carbocycles. The van der Waals surface area contributed by atoms with Gasteiger partial charge >= 0.3 is 0 Å². The van der Waals surface area contributed by atoms with E-state index in [0.29, 0.717) is 10.2 Å². The fraction of sp³-hybridized carbons (Fsp3) is 0. The zero-order valence-electron chi connectivity index (χ0n) is 8.65. The first-order chi connectivity index (χ1) is 8.16. The molecule has 0 saturated carbocycles. The van der Waals surface area contributed by atoms with E-state index < -0.39 is 11.7 Å². The Hall–Kier alpha value is -1.75. The molecule has 1 heterocycles. The maximum absolute atomic E-state index is 13.4. The molecule has 0 aliphatic rings. The van der Waals surface area contributed by atoms with Crippen molar-refractivity contribution in [1.29, 1.82) is 0 Å². The third-order valence-corrected chi connectivity index (χ3v) is 2.60. The Balaban J connectivity index is 2.23. The zero-order chi connectivity index (χ0) is 12.3. The molecule has 0 aliphatic heterocycles. The lowest BCUT2D eigenvalue weighted by atomic mass is 10.2. The number of nitrogens with one attached hydrogen (secondary N) is 1. The van der Waals surface area contributed by atoms with Gasteiger partial charge in [0.2, 0.25) is 0 Å². The van der Waals surface area contributed by atoms with E-state index in [2.05, 4.69) is 26.2 Å². The van der Waals surface area contributed by atoms with Gasteiger partial charge in [-0.25, -0.2) is 4.39 Å². The molecule has 86 valence electrons. The van der Waals surface area contributed by atoms with E-state index in [1.807, 2.05) is 0 Å². The lowest BCUT2D eigenvalue weighted by molar-refractivity contribution is 0.102. The molecule has 0 fully saturated rings. The largest absolute Gasteiger partial charge is 0.322 e. The number of pyridine rings is 1. The van der Waals surface area contributed by atoms with Crippen LogP contribution in [0.25, 0.3) is 0 Å². The molecule has 2 rings (SSSR count). The fourth-order valence-electron chi connectivity index (χ4n) is 1.31. The number of hydrogen-bond donors (Lipinski definition) is 1. The number of anilines is 1. The van der Waals surface area contributed by atoms with Crippen LogP contribution in [0.3, 0.4) is 0 Å². The van der Waals surface area contributed by atoms with Crippen molar-refractivity contribution in [1.82, 2.24) is 4.98 Å². The van der Waals surface area contributed by atoms with Gasteiger partial charge in [-0.1, -0.05) is 15.9 Å². The summed E-state index contributed by atoms with van der Waals surface area (Å²) < 4.78 is 14.1. The van der Waals surface area contributed by atoms with Gasteiger partial charge in [0.05, 0.1) is 5.56 Å². The van der Waals surface area contributed by atoms with Crippen molar-refractivity contribution >= 4 is 27.5 Å². The third kappa shape index (κ3) is 2.88. The van der Waals surface area contributed by atoms with Gasteiger partial charge in [-0.05, 0) is 30.3 Å². The number of rotatable bonds is 2. The SMILES string of the molecule is O=C(Nc1ccncc1)c1cc(Br)ccc1F. The quantitative estimate of drug-likeness (QED) is 0.924. The van der Waals surface area contributed by atoms with E-state index in [0.717, 1.165) is 0 Å². The molecule has 17 heavy (non-hydrogen) atoms. The first-order valence-electron chi connectivity index (χ1n) is 4.83. The van der Waals surface area contributed by atoms with Crippen molar-refractivity contribution in [2.75, 3.05) is 5.32 Å². The molecule has 5 heteroatoms. The highest BCUT2D eigenvalue weighted by Crippen LogP contribution is 2.17. The van der Waals surface area contributed by atoms with Crippen molar-refractivity contribution in [3.8, 4) is 0 Å². The van der Waals surface area contributed by atoms with Crippen molar-refractivity contribution in [3.63, 3.8) is 0 Å². The molecule has 1 aromatic heterocycles. The first kappa shape index (κ1) is 11.7. The minimum absolute atomic E-state index is 0.00353. The second kappa shape index (κ2) is 5.05. The van der Waals surface area contributed by atoms with E-state index in [4.69, 9.17) is 0 Å². The Labute approximate surface area is 106 Å². The van der Waals surface area contributed by atoms with E-state index in [1.165, 1.54) is 12.1 Å². The Morgan fingerprint density at radius 1 is 1.24 bits per heavy atom. The number of halogens is 2. The van der Waals surface area contributed by atoms with Gasteiger partial charge in [-0.3, -0.25) is 9.78 Å². The fourth-order valence-corrected chi connectivity index (χ4v) is 1.67. The number of carbonyl (C=O) groups excluding carboxylic acids is 1. The smallest absolute Gasteiger partial charge is 0.258 e. The molecule has 1 aromatic carbocycles. The summed E-state index contributed by atoms with van der Waals surface area (Å²) in [5.41, 5.74) is 0.570. The molecule has 1 N–H and O–H groups in total. The average Bonchev–Trinajstić information content (AvgIpc) is 2.33. The highest BCUT2D eigenvalue weighted by molar-refractivity contribution is 9.10. The molecule has 3 nitrogen and oxygen atoms in total. The number of benzene rings is 1. The van der Waals surface area contributed by atoms with Gasteiger partial charge in [0.1, 0.15) is 5.82 Å². The Morgan fingerprint density at radius 2 is 1.94 bits per heavy atom. The van der Waals surface area contributed by atoms with Crippen LogP contribution in [0.4, 0.5) is 10.1 Å². The molecule has 0 radical (unpaired) electrons. The minimum Gasteiger partial charge on any atom is -0.322 e. The Bertz CT molecular complexity index is 545. The summed E-state index contributed by atoms with van der Waals surface area (Å²) in [5.74, 6) is -1.05. The standard InChI is InChI=1S/C12H8BrFN2O/c13-8-1-2-11(14)10(7-8)12(17)16-9-3-5-15-6-4-9/h1-7H,(H,15,16,17). The van der Waals surface area contributed by atoms with Gasteiger partial charge in [0.15, 0.2) is 0 Å². The first-order valence-corrected chi connectivity index (χ1v) is 5.62. The van der Waals surface area contributed by atoms with Crippen LogP contribution in [-0.2, 0) is 0 Å². The predicted octanol–water partition coefficient (Wildman–Crippen LogP) is 3.24. The minimum atomic E-state index is -0.556. The van der Waals surface area contributed by atoms with Gasteiger partial charge in [0, 0.05) is 22.6 Å². The number of carbonyl (C=O) groups is 1. The van der Waals surface area contributed by atoms with Gasteiger partial charge in [0.25, 0.3) is 5.91 Å². The van der Waals surface area contributed by atoms with Crippen LogP contribution < -0.4 is 5.32 Å². The normalized spacial score (nSPS) is 10.0. The number of aromatic nitrogens is 1. The summed E-state index contributed by atoms with van der Waals surface area (Å²) in [4.78, 5) is 15.6. The van der Waals surface area contributed by atoms with E-state index in [1.54, 1.807) is 30.6 Å². The monoisotopic (exact) mass is 294 g/mol.